The lowest BCUT2D eigenvalue weighted by Crippen LogP contribution is -2.51. The number of benzene rings is 1. The van der Waals surface area contributed by atoms with Crippen LogP contribution >= 0.6 is 0 Å². The van der Waals surface area contributed by atoms with Crippen molar-refractivity contribution in [2.45, 2.75) is 19.8 Å². The van der Waals surface area contributed by atoms with Crippen molar-refractivity contribution in [1.29, 1.82) is 0 Å². The SMILES string of the molecule is Cc1c(C(=O)N2CCN(C(=O)C3CC3)CC2)cnn1-c1ccccc1F. The summed E-state index contributed by atoms with van der Waals surface area (Å²) in [5, 5.41) is 4.20. The molecule has 2 aliphatic rings. The minimum absolute atomic E-state index is 0.122. The zero-order valence-corrected chi connectivity index (χ0v) is 14.7. The first-order valence-electron chi connectivity index (χ1n) is 8.94. The Morgan fingerprint density at radius 2 is 1.73 bits per heavy atom. The van der Waals surface area contributed by atoms with Crippen molar-refractivity contribution in [3.63, 3.8) is 0 Å². The highest BCUT2D eigenvalue weighted by atomic mass is 19.1. The van der Waals surface area contributed by atoms with Crippen molar-refractivity contribution < 1.29 is 14.0 Å². The van der Waals surface area contributed by atoms with Crippen molar-refractivity contribution in [2.24, 2.45) is 5.92 Å². The maximum Gasteiger partial charge on any atom is 0.257 e. The second-order valence-corrected chi connectivity index (χ2v) is 6.90. The van der Waals surface area contributed by atoms with Crippen LogP contribution in [0.25, 0.3) is 5.69 Å². The lowest BCUT2D eigenvalue weighted by Gasteiger charge is -2.34. The number of halogens is 1. The molecule has 0 N–H and O–H groups in total. The normalized spacial score (nSPS) is 17.5. The van der Waals surface area contributed by atoms with Gasteiger partial charge in [0.1, 0.15) is 11.5 Å². The summed E-state index contributed by atoms with van der Waals surface area (Å²) in [6.45, 7) is 3.94. The Kier molecular flexibility index (Phi) is 4.22. The first-order chi connectivity index (χ1) is 12.6. The number of amides is 2. The van der Waals surface area contributed by atoms with E-state index in [-0.39, 0.29) is 23.5 Å². The van der Waals surface area contributed by atoms with E-state index in [9.17, 15) is 14.0 Å². The molecular weight excluding hydrogens is 335 g/mol. The van der Waals surface area contributed by atoms with Crippen LogP contribution in [0.3, 0.4) is 0 Å². The molecule has 0 bridgehead atoms. The van der Waals surface area contributed by atoms with Crippen LogP contribution in [-0.2, 0) is 4.79 Å². The second kappa shape index (κ2) is 6.55. The van der Waals surface area contributed by atoms with Crippen LogP contribution in [0.4, 0.5) is 4.39 Å². The molecule has 2 aromatic rings. The topological polar surface area (TPSA) is 58.4 Å². The lowest BCUT2D eigenvalue weighted by molar-refractivity contribution is -0.134. The third kappa shape index (κ3) is 2.98. The Bertz CT molecular complexity index is 851. The van der Waals surface area contributed by atoms with Crippen LogP contribution in [0.15, 0.2) is 30.5 Å². The quantitative estimate of drug-likeness (QED) is 0.845. The standard InChI is InChI=1S/C19H21FN4O2/c1-13-15(12-21-24(13)17-5-3-2-4-16(17)20)19(26)23-10-8-22(9-11-23)18(25)14-6-7-14/h2-5,12,14H,6-11H2,1H3. The average molecular weight is 356 g/mol. The van der Waals surface area contributed by atoms with Crippen molar-refractivity contribution in [3.05, 3.63) is 47.5 Å². The van der Waals surface area contributed by atoms with E-state index in [0.717, 1.165) is 12.8 Å². The lowest BCUT2D eigenvalue weighted by atomic mass is 10.2. The molecule has 0 radical (unpaired) electrons. The van der Waals surface area contributed by atoms with E-state index < -0.39 is 0 Å². The van der Waals surface area contributed by atoms with E-state index in [1.807, 2.05) is 4.90 Å². The van der Waals surface area contributed by atoms with Crippen molar-refractivity contribution in [3.8, 4) is 5.69 Å². The molecule has 26 heavy (non-hydrogen) atoms. The van der Waals surface area contributed by atoms with E-state index in [2.05, 4.69) is 5.10 Å². The molecule has 0 spiro atoms. The molecule has 2 heterocycles. The summed E-state index contributed by atoms with van der Waals surface area (Å²) >= 11 is 0. The first kappa shape index (κ1) is 16.8. The Morgan fingerprint density at radius 3 is 2.38 bits per heavy atom. The maximum absolute atomic E-state index is 14.0. The van der Waals surface area contributed by atoms with Gasteiger partial charge >= 0.3 is 0 Å². The Balaban J connectivity index is 1.48. The summed E-state index contributed by atoms with van der Waals surface area (Å²) in [4.78, 5) is 28.6. The molecule has 2 amide bonds. The summed E-state index contributed by atoms with van der Waals surface area (Å²) in [6, 6.07) is 6.35. The van der Waals surface area contributed by atoms with E-state index in [1.54, 1.807) is 30.0 Å². The maximum atomic E-state index is 14.0. The molecular formula is C19H21FN4O2. The van der Waals surface area contributed by atoms with Crippen LogP contribution in [0, 0.1) is 18.7 Å². The number of piperazine rings is 1. The summed E-state index contributed by atoms with van der Waals surface area (Å²) in [7, 11) is 0. The van der Waals surface area contributed by atoms with Gasteiger partial charge in [-0.15, -0.1) is 0 Å². The van der Waals surface area contributed by atoms with Crippen LogP contribution in [0.1, 0.15) is 28.9 Å². The van der Waals surface area contributed by atoms with Gasteiger partial charge < -0.3 is 9.80 Å². The molecule has 4 rings (SSSR count). The van der Waals surface area contributed by atoms with Crippen molar-refractivity contribution >= 4 is 11.8 Å². The van der Waals surface area contributed by atoms with E-state index >= 15 is 0 Å². The number of carbonyl (C=O) groups excluding carboxylic acids is 2. The van der Waals surface area contributed by atoms with Crippen LogP contribution in [0.2, 0.25) is 0 Å². The highest BCUT2D eigenvalue weighted by Crippen LogP contribution is 2.31. The third-order valence-electron chi connectivity index (χ3n) is 5.13. The van der Waals surface area contributed by atoms with Crippen LogP contribution in [-0.4, -0.2) is 57.6 Å². The third-order valence-corrected chi connectivity index (χ3v) is 5.13. The zero-order valence-electron chi connectivity index (χ0n) is 14.7. The molecule has 6 nitrogen and oxygen atoms in total. The van der Waals surface area contributed by atoms with Crippen LogP contribution < -0.4 is 0 Å². The first-order valence-corrected chi connectivity index (χ1v) is 8.94. The molecule has 1 saturated heterocycles. The minimum Gasteiger partial charge on any atom is -0.339 e. The number of aromatic nitrogens is 2. The Hall–Kier alpha value is -2.70. The number of para-hydroxylation sites is 1. The summed E-state index contributed by atoms with van der Waals surface area (Å²) in [6.07, 6.45) is 3.48. The van der Waals surface area contributed by atoms with Gasteiger partial charge in [0.15, 0.2) is 0 Å². The predicted molar refractivity (Wildman–Crippen MR) is 93.5 cm³/mol. The molecule has 1 aromatic carbocycles. The second-order valence-electron chi connectivity index (χ2n) is 6.90. The molecule has 7 heteroatoms. The Labute approximate surface area is 151 Å². The Morgan fingerprint density at radius 1 is 1.08 bits per heavy atom. The fraction of sp³-hybridized carbons (Fsp3) is 0.421. The van der Waals surface area contributed by atoms with E-state index in [4.69, 9.17) is 0 Å². The fourth-order valence-corrected chi connectivity index (χ4v) is 3.37. The van der Waals surface area contributed by atoms with E-state index in [0.29, 0.717) is 43.1 Å². The molecule has 0 unspecified atom stereocenters. The fourth-order valence-electron chi connectivity index (χ4n) is 3.37. The van der Waals surface area contributed by atoms with Crippen molar-refractivity contribution in [2.75, 3.05) is 26.2 Å². The van der Waals surface area contributed by atoms with Gasteiger partial charge in [0, 0.05) is 32.1 Å². The monoisotopic (exact) mass is 356 g/mol. The molecule has 2 fully saturated rings. The summed E-state index contributed by atoms with van der Waals surface area (Å²) < 4.78 is 15.5. The van der Waals surface area contributed by atoms with Gasteiger partial charge in [0.25, 0.3) is 5.91 Å². The molecule has 1 aliphatic heterocycles. The largest absolute Gasteiger partial charge is 0.339 e. The number of carbonyl (C=O) groups is 2. The predicted octanol–water partition coefficient (Wildman–Crippen LogP) is 2.01. The molecule has 0 atom stereocenters. The van der Waals surface area contributed by atoms with Gasteiger partial charge in [-0.2, -0.15) is 5.10 Å². The van der Waals surface area contributed by atoms with E-state index in [1.165, 1.54) is 16.9 Å². The molecule has 136 valence electrons. The smallest absolute Gasteiger partial charge is 0.257 e. The van der Waals surface area contributed by atoms with Gasteiger partial charge in [-0.3, -0.25) is 9.59 Å². The number of nitrogens with zero attached hydrogens (tertiary/aromatic N) is 4. The number of rotatable bonds is 3. The summed E-state index contributed by atoms with van der Waals surface area (Å²) in [5.41, 5.74) is 1.40. The van der Waals surface area contributed by atoms with Gasteiger partial charge in [-0.05, 0) is 31.9 Å². The molecule has 1 aliphatic carbocycles. The highest BCUT2D eigenvalue weighted by Gasteiger charge is 2.35. The number of hydrogen-bond acceptors (Lipinski definition) is 3. The zero-order chi connectivity index (χ0) is 18.3. The highest BCUT2D eigenvalue weighted by molar-refractivity contribution is 5.95. The molecule has 1 aromatic heterocycles. The van der Waals surface area contributed by atoms with Gasteiger partial charge in [0.05, 0.1) is 17.5 Å². The number of hydrogen-bond donors (Lipinski definition) is 0. The van der Waals surface area contributed by atoms with Gasteiger partial charge in [-0.25, -0.2) is 9.07 Å². The van der Waals surface area contributed by atoms with Crippen LogP contribution in [0.5, 0.6) is 0 Å². The van der Waals surface area contributed by atoms with Crippen molar-refractivity contribution in [1.82, 2.24) is 19.6 Å². The molecule has 1 saturated carbocycles. The van der Waals surface area contributed by atoms with Gasteiger partial charge in [-0.1, -0.05) is 12.1 Å². The van der Waals surface area contributed by atoms with Gasteiger partial charge in [0.2, 0.25) is 5.91 Å². The summed E-state index contributed by atoms with van der Waals surface area (Å²) in [5.74, 6) is -0.0762. The minimum atomic E-state index is -0.384. The average Bonchev–Trinajstić information content (AvgIpc) is 3.44.